The van der Waals surface area contributed by atoms with Crippen molar-refractivity contribution >= 4 is 0 Å². The Morgan fingerprint density at radius 2 is 1.65 bits per heavy atom. The highest BCUT2D eigenvalue weighted by atomic mass is 16.5. The molecule has 0 amide bonds. The molecule has 0 fully saturated rings. The second-order valence-corrected chi connectivity index (χ2v) is 5.77. The van der Waals surface area contributed by atoms with Gasteiger partial charge in [0, 0.05) is 25.2 Å². The summed E-state index contributed by atoms with van der Waals surface area (Å²) < 4.78 is 5.61. The Balaban J connectivity index is 4.01. The SMILES string of the molecule is CC(C)NCC(C(C)C)N(C)CCOC(C)C. The molecule has 0 aromatic rings. The first kappa shape index (κ1) is 16.9. The van der Waals surface area contributed by atoms with Gasteiger partial charge in [-0.05, 0) is 26.8 Å². The molecule has 0 radical (unpaired) electrons. The summed E-state index contributed by atoms with van der Waals surface area (Å²) in [5.41, 5.74) is 0. The summed E-state index contributed by atoms with van der Waals surface area (Å²) in [5, 5.41) is 3.52. The lowest BCUT2D eigenvalue weighted by Crippen LogP contribution is -2.46. The molecule has 0 spiro atoms. The largest absolute Gasteiger partial charge is 0.377 e. The Kier molecular flexibility index (Phi) is 8.83. The fraction of sp³-hybridized carbons (Fsp3) is 1.00. The van der Waals surface area contributed by atoms with Crippen LogP contribution in [-0.4, -0.2) is 49.8 Å². The molecule has 0 bridgehead atoms. The van der Waals surface area contributed by atoms with Crippen LogP contribution in [0, 0.1) is 5.92 Å². The lowest BCUT2D eigenvalue weighted by Gasteiger charge is -2.32. The molecule has 0 rings (SSSR count). The van der Waals surface area contributed by atoms with Crippen LogP contribution in [0.1, 0.15) is 41.5 Å². The van der Waals surface area contributed by atoms with Crippen LogP contribution >= 0.6 is 0 Å². The third kappa shape index (κ3) is 8.58. The van der Waals surface area contributed by atoms with Crippen molar-refractivity contribution in [2.75, 3.05) is 26.7 Å². The predicted octanol–water partition coefficient (Wildman–Crippen LogP) is 2.37. The van der Waals surface area contributed by atoms with Crippen LogP contribution in [0.5, 0.6) is 0 Å². The predicted molar refractivity (Wildman–Crippen MR) is 75.5 cm³/mol. The lowest BCUT2D eigenvalue weighted by molar-refractivity contribution is 0.0503. The Hall–Kier alpha value is -0.120. The second-order valence-electron chi connectivity index (χ2n) is 5.77. The molecule has 0 aliphatic carbocycles. The van der Waals surface area contributed by atoms with E-state index in [1.165, 1.54) is 0 Å². The summed E-state index contributed by atoms with van der Waals surface area (Å²) >= 11 is 0. The lowest BCUT2D eigenvalue weighted by atomic mass is 10.0. The zero-order chi connectivity index (χ0) is 13.4. The number of likely N-dealkylation sites (N-methyl/N-ethyl adjacent to an activating group) is 1. The Morgan fingerprint density at radius 1 is 1.06 bits per heavy atom. The third-order valence-electron chi connectivity index (χ3n) is 2.97. The van der Waals surface area contributed by atoms with Gasteiger partial charge in [-0.2, -0.15) is 0 Å². The van der Waals surface area contributed by atoms with Gasteiger partial charge in [0.25, 0.3) is 0 Å². The number of hydrogen-bond donors (Lipinski definition) is 1. The van der Waals surface area contributed by atoms with E-state index in [2.05, 4.69) is 58.8 Å². The number of ether oxygens (including phenoxy) is 1. The fourth-order valence-corrected chi connectivity index (χ4v) is 1.86. The van der Waals surface area contributed by atoms with Gasteiger partial charge in [0.2, 0.25) is 0 Å². The van der Waals surface area contributed by atoms with E-state index in [4.69, 9.17) is 4.74 Å². The van der Waals surface area contributed by atoms with Crippen molar-refractivity contribution in [2.24, 2.45) is 5.92 Å². The highest BCUT2D eigenvalue weighted by molar-refractivity contribution is 4.75. The van der Waals surface area contributed by atoms with Crippen LogP contribution < -0.4 is 5.32 Å². The van der Waals surface area contributed by atoms with E-state index in [9.17, 15) is 0 Å². The topological polar surface area (TPSA) is 24.5 Å². The van der Waals surface area contributed by atoms with E-state index < -0.39 is 0 Å². The molecule has 0 aromatic carbocycles. The maximum Gasteiger partial charge on any atom is 0.0596 e. The highest BCUT2D eigenvalue weighted by Crippen LogP contribution is 2.08. The van der Waals surface area contributed by atoms with Gasteiger partial charge >= 0.3 is 0 Å². The first-order chi connectivity index (χ1) is 7.84. The van der Waals surface area contributed by atoms with Gasteiger partial charge in [0.15, 0.2) is 0 Å². The van der Waals surface area contributed by atoms with Crippen LogP contribution in [0.2, 0.25) is 0 Å². The molecule has 17 heavy (non-hydrogen) atoms. The minimum absolute atomic E-state index is 0.328. The van der Waals surface area contributed by atoms with Crippen LogP contribution in [0.4, 0.5) is 0 Å². The molecule has 3 heteroatoms. The molecule has 0 aromatic heterocycles. The minimum Gasteiger partial charge on any atom is -0.377 e. The van der Waals surface area contributed by atoms with Crippen molar-refractivity contribution in [3.05, 3.63) is 0 Å². The van der Waals surface area contributed by atoms with Crippen molar-refractivity contribution in [3.63, 3.8) is 0 Å². The Labute approximate surface area is 108 Å². The first-order valence-corrected chi connectivity index (χ1v) is 6.89. The number of hydrogen-bond acceptors (Lipinski definition) is 3. The highest BCUT2D eigenvalue weighted by Gasteiger charge is 2.18. The molecule has 104 valence electrons. The van der Waals surface area contributed by atoms with Gasteiger partial charge < -0.3 is 10.1 Å². The summed E-state index contributed by atoms with van der Waals surface area (Å²) in [6.07, 6.45) is 0.328. The summed E-state index contributed by atoms with van der Waals surface area (Å²) in [6.45, 7) is 16.0. The molecule has 1 atom stereocenters. The summed E-state index contributed by atoms with van der Waals surface area (Å²) in [7, 11) is 2.19. The van der Waals surface area contributed by atoms with Crippen LogP contribution in [0.15, 0.2) is 0 Å². The Morgan fingerprint density at radius 3 is 2.06 bits per heavy atom. The van der Waals surface area contributed by atoms with Gasteiger partial charge in [-0.1, -0.05) is 27.7 Å². The normalized spacial score (nSPS) is 14.3. The molecule has 1 unspecified atom stereocenters. The van der Waals surface area contributed by atoms with Gasteiger partial charge in [0.05, 0.1) is 12.7 Å². The number of rotatable bonds is 9. The van der Waals surface area contributed by atoms with E-state index in [0.717, 1.165) is 19.7 Å². The standard InChI is InChI=1S/C14H32N2O/c1-11(2)14(10-15-12(3)4)16(7)8-9-17-13(5)6/h11-15H,8-10H2,1-7H3. The maximum atomic E-state index is 5.61. The van der Waals surface area contributed by atoms with E-state index in [1.807, 2.05) is 0 Å². The molecule has 0 aliphatic rings. The average Bonchev–Trinajstić information content (AvgIpc) is 2.16. The molecular weight excluding hydrogens is 212 g/mol. The Bertz CT molecular complexity index is 181. The van der Waals surface area contributed by atoms with Gasteiger partial charge in [-0.25, -0.2) is 0 Å². The molecular formula is C14H32N2O. The molecule has 0 aliphatic heterocycles. The van der Waals surface area contributed by atoms with Crippen molar-refractivity contribution in [1.82, 2.24) is 10.2 Å². The van der Waals surface area contributed by atoms with Gasteiger partial charge in [-0.3, -0.25) is 4.90 Å². The molecule has 0 saturated heterocycles. The monoisotopic (exact) mass is 244 g/mol. The quantitative estimate of drug-likeness (QED) is 0.674. The van der Waals surface area contributed by atoms with Crippen molar-refractivity contribution < 1.29 is 4.74 Å². The van der Waals surface area contributed by atoms with E-state index >= 15 is 0 Å². The van der Waals surface area contributed by atoms with Gasteiger partial charge in [-0.15, -0.1) is 0 Å². The zero-order valence-corrected chi connectivity index (χ0v) is 12.8. The number of nitrogens with zero attached hydrogens (tertiary/aromatic N) is 1. The smallest absolute Gasteiger partial charge is 0.0596 e. The van der Waals surface area contributed by atoms with Gasteiger partial charge in [0.1, 0.15) is 0 Å². The summed E-state index contributed by atoms with van der Waals surface area (Å²) in [5.74, 6) is 0.658. The van der Waals surface area contributed by atoms with Crippen molar-refractivity contribution in [1.29, 1.82) is 0 Å². The second kappa shape index (κ2) is 8.90. The molecule has 1 N–H and O–H groups in total. The van der Waals surface area contributed by atoms with Crippen LogP contribution in [0.3, 0.4) is 0 Å². The fourth-order valence-electron chi connectivity index (χ4n) is 1.86. The van der Waals surface area contributed by atoms with E-state index in [-0.39, 0.29) is 0 Å². The third-order valence-corrected chi connectivity index (χ3v) is 2.97. The maximum absolute atomic E-state index is 5.61. The summed E-state index contributed by atoms with van der Waals surface area (Å²) in [4.78, 5) is 2.41. The molecule has 0 heterocycles. The van der Waals surface area contributed by atoms with E-state index in [1.54, 1.807) is 0 Å². The van der Waals surface area contributed by atoms with Crippen molar-refractivity contribution in [2.45, 2.75) is 59.7 Å². The van der Waals surface area contributed by atoms with Crippen LogP contribution in [0.25, 0.3) is 0 Å². The van der Waals surface area contributed by atoms with Crippen LogP contribution in [-0.2, 0) is 4.74 Å². The molecule has 0 saturated carbocycles. The van der Waals surface area contributed by atoms with Crippen molar-refractivity contribution in [3.8, 4) is 0 Å². The molecule has 3 nitrogen and oxygen atoms in total. The first-order valence-electron chi connectivity index (χ1n) is 6.89. The zero-order valence-electron chi connectivity index (χ0n) is 12.8. The minimum atomic E-state index is 0.328. The average molecular weight is 244 g/mol. The summed E-state index contributed by atoms with van der Waals surface area (Å²) in [6, 6.07) is 1.13. The van der Waals surface area contributed by atoms with E-state index in [0.29, 0.717) is 24.1 Å². The number of nitrogens with one attached hydrogen (secondary N) is 1.